The Morgan fingerprint density at radius 1 is 1.42 bits per heavy atom. The lowest BCUT2D eigenvalue weighted by molar-refractivity contribution is -0.119. The van der Waals surface area contributed by atoms with E-state index in [0.29, 0.717) is 10.6 Å². The number of hydrogen-bond acceptors (Lipinski definition) is 5. The summed E-state index contributed by atoms with van der Waals surface area (Å²) in [6.07, 6.45) is 0.287. The zero-order valence-electron chi connectivity index (χ0n) is 9.88. The van der Waals surface area contributed by atoms with Gasteiger partial charge in [0.05, 0.1) is 11.9 Å². The van der Waals surface area contributed by atoms with Gasteiger partial charge in [-0.1, -0.05) is 20.9 Å². The number of sulfone groups is 1. The lowest BCUT2D eigenvalue weighted by Gasteiger charge is -2.13. The van der Waals surface area contributed by atoms with Crippen LogP contribution in [0.4, 0.5) is 0 Å². The number of carbonyl (C=O) groups is 1. The second-order valence-corrected chi connectivity index (χ2v) is 7.09. The number of ketones is 1. The van der Waals surface area contributed by atoms with Gasteiger partial charge < -0.3 is 4.74 Å². The molecule has 0 radical (unpaired) electrons. The van der Waals surface area contributed by atoms with Crippen molar-refractivity contribution in [3.05, 3.63) is 17.5 Å². The van der Waals surface area contributed by atoms with Crippen LogP contribution in [0.25, 0.3) is 0 Å². The summed E-state index contributed by atoms with van der Waals surface area (Å²) < 4.78 is 29.2. The van der Waals surface area contributed by atoms with Crippen molar-refractivity contribution in [2.75, 3.05) is 12.9 Å². The highest BCUT2D eigenvalue weighted by molar-refractivity contribution is 7.93. The second-order valence-electron chi connectivity index (χ2n) is 3.80. The largest absolute Gasteiger partial charge is 0.381 e. The molecule has 0 amide bonds. The summed E-state index contributed by atoms with van der Waals surface area (Å²) in [5, 5.41) is 1.73. The van der Waals surface area contributed by atoms with Crippen LogP contribution >= 0.6 is 11.3 Å². The third kappa shape index (κ3) is 6.84. The first kappa shape index (κ1) is 20.6. The van der Waals surface area contributed by atoms with Crippen molar-refractivity contribution in [1.82, 2.24) is 0 Å². The first-order chi connectivity index (χ1) is 7.95. The lowest BCUT2D eigenvalue weighted by Crippen LogP contribution is -2.19. The summed E-state index contributed by atoms with van der Waals surface area (Å²) in [5.74, 6) is 0.0182. The normalized spacial score (nSPS) is 12.1. The molecule has 0 aliphatic rings. The molecule has 1 rings (SSSR count). The summed E-state index contributed by atoms with van der Waals surface area (Å²) in [4.78, 5) is 10.9. The Morgan fingerprint density at radius 3 is 2.47 bits per heavy atom. The van der Waals surface area contributed by atoms with E-state index < -0.39 is 9.84 Å². The number of thiophene rings is 1. The molecule has 0 bridgehead atoms. The molecule has 0 aromatic carbocycles. The molecule has 4 nitrogen and oxygen atoms in total. The van der Waals surface area contributed by atoms with E-state index in [4.69, 9.17) is 4.74 Å². The van der Waals surface area contributed by atoms with Gasteiger partial charge in [-0.25, -0.2) is 8.42 Å². The highest BCUT2D eigenvalue weighted by Crippen LogP contribution is 2.19. The van der Waals surface area contributed by atoms with Crippen molar-refractivity contribution < 1.29 is 17.9 Å². The fraction of sp³-hybridized carbons (Fsp3) is 0.615. The predicted molar refractivity (Wildman–Crippen MR) is 80.5 cm³/mol. The molecule has 19 heavy (non-hydrogen) atoms. The van der Waals surface area contributed by atoms with E-state index in [2.05, 4.69) is 0 Å². The van der Waals surface area contributed by atoms with E-state index in [1.807, 2.05) is 0 Å². The zero-order valence-corrected chi connectivity index (χ0v) is 11.5. The Balaban J connectivity index is 0. The van der Waals surface area contributed by atoms with Crippen molar-refractivity contribution in [3.8, 4) is 0 Å². The van der Waals surface area contributed by atoms with E-state index in [9.17, 15) is 13.2 Å². The van der Waals surface area contributed by atoms with Gasteiger partial charge in [-0.2, -0.15) is 0 Å². The van der Waals surface area contributed by atoms with Crippen LogP contribution < -0.4 is 0 Å². The van der Waals surface area contributed by atoms with E-state index in [-0.39, 0.29) is 38.9 Å². The average Bonchev–Trinajstić information content (AvgIpc) is 2.77. The summed E-state index contributed by atoms with van der Waals surface area (Å²) in [7, 11) is -1.74. The first-order valence-corrected chi connectivity index (χ1v) is 7.77. The monoisotopic (exact) mass is 308 g/mol. The van der Waals surface area contributed by atoms with Crippen LogP contribution in [0.5, 0.6) is 0 Å². The minimum Gasteiger partial charge on any atom is -0.381 e. The van der Waals surface area contributed by atoms with Crippen LogP contribution in [-0.4, -0.2) is 33.2 Å². The summed E-state index contributed by atoms with van der Waals surface area (Å²) >= 11 is 1.21. The molecule has 1 aromatic rings. The maximum Gasteiger partial charge on any atom is 0.187 e. The van der Waals surface area contributed by atoms with Crippen LogP contribution in [0.3, 0.4) is 0 Å². The number of ether oxygens (including phenoxy) is 1. The molecule has 0 aliphatic heterocycles. The average molecular weight is 308 g/mol. The molecular formula is C13H24O4S2. The Morgan fingerprint density at radius 2 is 2.05 bits per heavy atom. The van der Waals surface area contributed by atoms with Crippen LogP contribution in [-0.2, 0) is 19.4 Å². The third-order valence-electron chi connectivity index (χ3n) is 2.36. The van der Waals surface area contributed by atoms with Gasteiger partial charge in [-0.3, -0.25) is 4.79 Å². The second kappa shape index (κ2) is 9.23. The van der Waals surface area contributed by atoms with Crippen molar-refractivity contribution in [2.24, 2.45) is 0 Å². The van der Waals surface area contributed by atoms with Crippen molar-refractivity contribution in [1.29, 1.82) is 0 Å². The molecule has 1 heterocycles. The standard InChI is InChI=1S/C11H16O4S2.2CH4/c1-9(12)8-10(15-2)5-7-17(13,14)11-4-3-6-16-11;;/h3-4,6,10H,5,7-8H2,1-2H3;2*1H4. The number of Topliss-reactive ketones (excluding diaryl/α,β-unsaturated/α-hetero) is 1. The number of methoxy groups -OCH3 is 1. The number of hydrogen-bond donors (Lipinski definition) is 0. The molecule has 0 aliphatic carbocycles. The molecule has 0 saturated heterocycles. The molecule has 0 spiro atoms. The zero-order chi connectivity index (χ0) is 12.9. The lowest BCUT2D eigenvalue weighted by atomic mass is 10.1. The Bertz CT molecular complexity index is 449. The third-order valence-corrected chi connectivity index (χ3v) is 5.59. The molecular weight excluding hydrogens is 284 g/mol. The number of rotatable bonds is 7. The van der Waals surface area contributed by atoms with Gasteiger partial charge in [0, 0.05) is 13.5 Å². The minimum absolute atomic E-state index is 0. The molecule has 1 unspecified atom stereocenters. The van der Waals surface area contributed by atoms with Gasteiger partial charge in [0.25, 0.3) is 0 Å². The molecule has 1 atom stereocenters. The highest BCUT2D eigenvalue weighted by Gasteiger charge is 2.19. The first-order valence-electron chi connectivity index (χ1n) is 5.24. The maximum atomic E-state index is 11.9. The number of carbonyl (C=O) groups excluding carboxylic acids is 1. The summed E-state index contributed by atoms with van der Waals surface area (Å²) in [6, 6.07) is 3.30. The fourth-order valence-electron chi connectivity index (χ4n) is 1.45. The van der Waals surface area contributed by atoms with Crippen LogP contribution in [0.15, 0.2) is 21.7 Å². The van der Waals surface area contributed by atoms with E-state index in [1.165, 1.54) is 25.4 Å². The molecule has 1 aromatic heterocycles. The molecule has 0 N–H and O–H groups in total. The van der Waals surface area contributed by atoms with E-state index in [1.54, 1.807) is 17.5 Å². The van der Waals surface area contributed by atoms with Gasteiger partial charge in [0.1, 0.15) is 9.99 Å². The van der Waals surface area contributed by atoms with Crippen molar-refractivity contribution >= 4 is 27.0 Å². The molecule has 0 saturated carbocycles. The Kier molecular flexibility index (Phi) is 10.0. The molecule has 6 heteroatoms. The van der Waals surface area contributed by atoms with Crippen LogP contribution in [0, 0.1) is 0 Å². The Hall–Kier alpha value is -0.720. The topological polar surface area (TPSA) is 60.4 Å². The van der Waals surface area contributed by atoms with Crippen LogP contribution in [0.2, 0.25) is 0 Å². The smallest absolute Gasteiger partial charge is 0.187 e. The predicted octanol–water partition coefficient (Wildman–Crippen LogP) is 3.18. The van der Waals surface area contributed by atoms with Gasteiger partial charge in [0.2, 0.25) is 0 Å². The van der Waals surface area contributed by atoms with Crippen LogP contribution in [0.1, 0.15) is 34.6 Å². The van der Waals surface area contributed by atoms with Crippen molar-refractivity contribution in [2.45, 2.75) is 44.9 Å². The van der Waals surface area contributed by atoms with Gasteiger partial charge in [-0.05, 0) is 24.8 Å². The Labute approximate surface area is 120 Å². The minimum atomic E-state index is -3.23. The maximum absolute atomic E-state index is 11.9. The van der Waals surface area contributed by atoms with E-state index in [0.717, 1.165) is 0 Å². The summed E-state index contributed by atoms with van der Waals surface area (Å²) in [5.41, 5.74) is 0. The van der Waals surface area contributed by atoms with Crippen molar-refractivity contribution in [3.63, 3.8) is 0 Å². The fourth-order valence-corrected chi connectivity index (χ4v) is 3.96. The summed E-state index contributed by atoms with van der Waals surface area (Å²) in [6.45, 7) is 1.47. The highest BCUT2D eigenvalue weighted by atomic mass is 32.2. The van der Waals surface area contributed by atoms with Gasteiger partial charge in [0.15, 0.2) is 9.84 Å². The SMILES string of the molecule is C.C.COC(CCS(=O)(=O)c1cccs1)CC(C)=O. The van der Waals surface area contributed by atoms with E-state index >= 15 is 0 Å². The van der Waals surface area contributed by atoms with Gasteiger partial charge in [-0.15, -0.1) is 11.3 Å². The van der Waals surface area contributed by atoms with Gasteiger partial charge >= 0.3 is 0 Å². The molecule has 0 fully saturated rings. The molecule has 112 valence electrons. The quantitative estimate of drug-likeness (QED) is 0.776.